The Hall–Kier alpha value is -0.991. The van der Waals surface area contributed by atoms with Gasteiger partial charge < -0.3 is 0 Å². The van der Waals surface area contributed by atoms with Crippen molar-refractivity contribution >= 4 is 16.2 Å². The molecule has 1 aromatic carbocycles. The Labute approximate surface area is 85.9 Å². The molecule has 0 saturated carbocycles. The fourth-order valence-electron chi connectivity index (χ4n) is 0.795. The van der Waals surface area contributed by atoms with Crippen molar-refractivity contribution in [1.82, 2.24) is 4.90 Å². The molecule has 1 rings (SSSR count). The van der Waals surface area contributed by atoms with Gasteiger partial charge in [-0.1, -0.05) is 0 Å². The van der Waals surface area contributed by atoms with Crippen molar-refractivity contribution in [2.75, 3.05) is 19.4 Å². The maximum atomic E-state index is 11.2. The molecule has 0 unspecified atom stereocenters. The van der Waals surface area contributed by atoms with E-state index < -0.39 is 0 Å². The average molecular weight is 219 g/mol. The van der Waals surface area contributed by atoms with Gasteiger partial charge in [0.2, 0.25) is 0 Å². The maximum absolute atomic E-state index is 11.2. The van der Waals surface area contributed by atoms with Gasteiger partial charge in [0.25, 0.3) is 0 Å². The molecule has 1 N–H and O–H groups in total. The molecule has 0 saturated heterocycles. The predicted octanol–water partition coefficient (Wildman–Crippen LogP) is 0.952. The van der Waals surface area contributed by atoms with Gasteiger partial charge in [0, 0.05) is 0 Å². The molecule has 1 aromatic rings. The number of anilines is 1. The van der Waals surface area contributed by atoms with E-state index in [1.807, 2.05) is 24.3 Å². The fraction of sp³-hybridized carbons (Fsp3) is 0.222. The second kappa shape index (κ2) is 4.30. The van der Waals surface area contributed by atoms with Gasteiger partial charge in [0.1, 0.15) is 0 Å². The second-order valence-electron chi connectivity index (χ2n) is 2.82. The number of urea groups is 1. The molecule has 0 radical (unpaired) electrons. The summed E-state index contributed by atoms with van der Waals surface area (Å²) in [6, 6.07) is 7.25. The molecular weight excluding hydrogens is 208 g/mol. The van der Waals surface area contributed by atoms with Crippen LogP contribution in [0.25, 0.3) is 0 Å². The third-order valence-electron chi connectivity index (χ3n) is 1.47. The van der Waals surface area contributed by atoms with Crippen molar-refractivity contribution in [3.8, 4) is 0 Å². The number of carbonyl (C=O) groups excluding carboxylic acids is 1. The zero-order valence-electron chi connectivity index (χ0n) is 7.52. The fourth-order valence-corrected chi connectivity index (χ4v) is 1.07. The van der Waals surface area contributed by atoms with Gasteiger partial charge >= 0.3 is 85.6 Å². The van der Waals surface area contributed by atoms with Crippen molar-refractivity contribution in [1.29, 1.82) is 0 Å². The van der Waals surface area contributed by atoms with Crippen LogP contribution < -0.4 is 9.78 Å². The molecule has 0 aromatic heterocycles. The van der Waals surface area contributed by atoms with Gasteiger partial charge in [0.15, 0.2) is 0 Å². The minimum absolute atomic E-state index is 0.134. The number of amides is 2. The summed E-state index contributed by atoms with van der Waals surface area (Å²) in [5.74, 6) is 0. The van der Waals surface area contributed by atoms with Gasteiger partial charge in [-0.15, -0.1) is 0 Å². The second-order valence-corrected chi connectivity index (χ2v) is 3.46. The number of carbonyl (C=O) groups is 1. The van der Waals surface area contributed by atoms with Crippen LogP contribution in [0.2, 0.25) is 0 Å². The molecule has 13 heavy (non-hydrogen) atoms. The van der Waals surface area contributed by atoms with Crippen molar-refractivity contribution in [3.05, 3.63) is 24.3 Å². The van der Waals surface area contributed by atoms with E-state index in [0.29, 0.717) is 0 Å². The van der Waals surface area contributed by atoms with E-state index in [2.05, 4.69) is 21.3 Å². The molecule has 0 aliphatic carbocycles. The number of hydrogen-bond donors (Lipinski definition) is 1. The zero-order valence-corrected chi connectivity index (χ0v) is 8.62. The monoisotopic (exact) mass is 219 g/mol. The number of benzene rings is 1. The molecule has 71 valence electrons. The van der Waals surface area contributed by atoms with Crippen LogP contribution in [-0.4, -0.2) is 25.0 Å². The summed E-state index contributed by atoms with van der Waals surface area (Å²) in [5.41, 5.74) is 0.770. The predicted molar refractivity (Wildman–Crippen MR) is 48.8 cm³/mol. The SMILES string of the molecule is CN(C)C(=O)Nc1ccc[c]([Fe])c1. The summed E-state index contributed by atoms with van der Waals surface area (Å²) in [7, 11) is 3.40. The van der Waals surface area contributed by atoms with Gasteiger partial charge in [-0.3, -0.25) is 0 Å². The van der Waals surface area contributed by atoms with Crippen LogP contribution in [0.1, 0.15) is 0 Å². The van der Waals surface area contributed by atoms with E-state index in [0.717, 1.165) is 10.1 Å². The molecule has 4 heteroatoms. The first kappa shape index (κ1) is 10.1. The quantitative estimate of drug-likeness (QED) is 0.700. The van der Waals surface area contributed by atoms with E-state index in [9.17, 15) is 4.79 Å². The molecule has 0 aliphatic heterocycles. The van der Waals surface area contributed by atoms with Gasteiger partial charge in [0.05, 0.1) is 0 Å². The van der Waals surface area contributed by atoms with Crippen molar-refractivity contribution < 1.29 is 20.8 Å². The zero-order chi connectivity index (χ0) is 9.84. The summed E-state index contributed by atoms with van der Waals surface area (Å²) >= 11 is 3.77. The van der Waals surface area contributed by atoms with Crippen LogP contribution >= 0.6 is 0 Å². The topological polar surface area (TPSA) is 32.3 Å². The van der Waals surface area contributed by atoms with E-state index in [1.165, 1.54) is 4.90 Å². The molecule has 2 amide bonds. The van der Waals surface area contributed by atoms with Crippen LogP contribution in [0.5, 0.6) is 0 Å². The van der Waals surface area contributed by atoms with E-state index in [-0.39, 0.29) is 6.03 Å². The summed E-state index contributed by atoms with van der Waals surface area (Å²) in [6.07, 6.45) is 0. The number of rotatable bonds is 1. The number of nitrogens with one attached hydrogen (secondary N) is 1. The molecule has 0 atom stereocenters. The Morgan fingerprint density at radius 1 is 1.46 bits per heavy atom. The Morgan fingerprint density at radius 2 is 2.15 bits per heavy atom. The first-order valence-corrected chi connectivity index (χ1v) is 4.37. The molecule has 0 bridgehead atoms. The Balaban J connectivity index is 2.69. The average Bonchev–Trinajstić information content (AvgIpc) is 2.04. The summed E-state index contributed by atoms with van der Waals surface area (Å²) in [4.78, 5) is 12.7. The minimum atomic E-state index is -0.134. The van der Waals surface area contributed by atoms with E-state index in [4.69, 9.17) is 0 Å². The van der Waals surface area contributed by atoms with Crippen LogP contribution in [0.4, 0.5) is 10.5 Å². The molecular formula is C9H11FeN2O. The number of hydrogen-bond acceptors (Lipinski definition) is 1. The first-order valence-electron chi connectivity index (χ1n) is 3.82. The normalized spacial score (nSPS) is 9.46. The standard InChI is InChI=1S/C9H11N2O.Fe/c1-11(2)9(12)10-8-6-4-3-5-7-8;/h3-4,6-7H,1-2H3,(H,10,12);. The Morgan fingerprint density at radius 3 is 2.69 bits per heavy atom. The van der Waals surface area contributed by atoms with Crippen LogP contribution in [-0.2, 0) is 16.0 Å². The molecule has 0 spiro atoms. The Bertz CT molecular complexity index is 312. The van der Waals surface area contributed by atoms with Gasteiger partial charge in [-0.2, -0.15) is 0 Å². The molecule has 0 heterocycles. The van der Waals surface area contributed by atoms with Gasteiger partial charge in [-0.05, 0) is 0 Å². The molecule has 0 aliphatic rings. The van der Waals surface area contributed by atoms with Crippen molar-refractivity contribution in [2.45, 2.75) is 0 Å². The third kappa shape index (κ3) is 3.09. The van der Waals surface area contributed by atoms with Crippen LogP contribution in [0.3, 0.4) is 0 Å². The van der Waals surface area contributed by atoms with E-state index >= 15 is 0 Å². The van der Waals surface area contributed by atoms with Crippen LogP contribution in [0, 0.1) is 0 Å². The first-order chi connectivity index (χ1) is 6.09. The van der Waals surface area contributed by atoms with Crippen molar-refractivity contribution in [2.24, 2.45) is 0 Å². The third-order valence-corrected chi connectivity index (χ3v) is 1.82. The summed E-state index contributed by atoms with van der Waals surface area (Å²) in [6.45, 7) is 0. The van der Waals surface area contributed by atoms with E-state index in [1.54, 1.807) is 14.1 Å². The summed E-state index contributed by atoms with van der Waals surface area (Å²) < 4.78 is 0.886. The summed E-state index contributed by atoms with van der Waals surface area (Å²) in [5, 5.41) is 2.73. The number of nitrogens with zero attached hydrogens (tertiary/aromatic N) is 1. The molecule has 0 fully saturated rings. The Kier molecular flexibility index (Phi) is 3.34. The molecule has 3 nitrogen and oxygen atoms in total. The van der Waals surface area contributed by atoms with Gasteiger partial charge in [-0.25, -0.2) is 0 Å². The van der Waals surface area contributed by atoms with Crippen molar-refractivity contribution in [3.63, 3.8) is 0 Å². The van der Waals surface area contributed by atoms with Crippen LogP contribution in [0.15, 0.2) is 24.3 Å².